The molecule has 4 nitrogen and oxygen atoms in total. The van der Waals surface area contributed by atoms with Crippen molar-refractivity contribution in [2.24, 2.45) is 0 Å². The van der Waals surface area contributed by atoms with Gasteiger partial charge in [0.15, 0.2) is 0 Å². The minimum Gasteiger partial charge on any atom is -0.508 e. The molecule has 0 aliphatic rings. The van der Waals surface area contributed by atoms with E-state index < -0.39 is 0 Å². The van der Waals surface area contributed by atoms with Crippen LogP contribution in [0.4, 0.5) is 5.69 Å². The molecule has 0 bridgehead atoms. The highest BCUT2D eigenvalue weighted by Crippen LogP contribution is 2.22. The molecule has 4 N–H and O–H groups in total. The summed E-state index contributed by atoms with van der Waals surface area (Å²) in [7, 11) is 0. The van der Waals surface area contributed by atoms with Crippen molar-refractivity contribution in [2.45, 2.75) is 26.2 Å². The van der Waals surface area contributed by atoms with Gasteiger partial charge >= 0.3 is 0 Å². The lowest BCUT2D eigenvalue weighted by atomic mass is 10.1. The first kappa shape index (κ1) is 17.2. The van der Waals surface area contributed by atoms with E-state index in [0.717, 1.165) is 38.1 Å². The van der Waals surface area contributed by atoms with Crippen molar-refractivity contribution in [3.8, 4) is 11.5 Å². The monoisotopic (exact) mass is 314 g/mol. The van der Waals surface area contributed by atoms with Crippen molar-refractivity contribution in [2.75, 3.05) is 25.4 Å². The first-order chi connectivity index (χ1) is 11.2. The van der Waals surface area contributed by atoms with Crippen molar-refractivity contribution in [1.82, 2.24) is 5.32 Å². The summed E-state index contributed by atoms with van der Waals surface area (Å²) in [6.45, 7) is 4.60. The number of phenols is 1. The molecular weight excluding hydrogens is 288 g/mol. The van der Waals surface area contributed by atoms with E-state index in [0.29, 0.717) is 18.0 Å². The Kier molecular flexibility index (Phi) is 6.76. The van der Waals surface area contributed by atoms with Crippen molar-refractivity contribution in [1.29, 1.82) is 0 Å². The minimum atomic E-state index is 0.311. The molecule has 0 aliphatic heterocycles. The van der Waals surface area contributed by atoms with Crippen LogP contribution < -0.4 is 15.8 Å². The fourth-order valence-electron chi connectivity index (χ4n) is 2.35. The van der Waals surface area contributed by atoms with Crippen molar-refractivity contribution >= 4 is 5.69 Å². The van der Waals surface area contributed by atoms with E-state index in [-0.39, 0.29) is 0 Å². The number of aromatic hydroxyl groups is 1. The summed E-state index contributed by atoms with van der Waals surface area (Å²) in [6, 6.07) is 13.4. The van der Waals surface area contributed by atoms with Crippen LogP contribution in [-0.4, -0.2) is 24.8 Å². The summed E-state index contributed by atoms with van der Waals surface area (Å²) in [5.74, 6) is 1.08. The quantitative estimate of drug-likeness (QED) is 0.491. The van der Waals surface area contributed by atoms with Gasteiger partial charge in [-0.3, -0.25) is 0 Å². The summed E-state index contributed by atoms with van der Waals surface area (Å²) in [6.07, 6.45) is 2.87. The van der Waals surface area contributed by atoms with Crippen molar-refractivity contribution in [3.63, 3.8) is 0 Å². The van der Waals surface area contributed by atoms with Gasteiger partial charge in [0.1, 0.15) is 11.5 Å². The molecule has 0 aliphatic carbocycles. The SMILES string of the molecule is CCCOc1ccc(CCNCCc2ccc(O)cc2)cc1N. The molecule has 0 heterocycles. The zero-order valence-electron chi connectivity index (χ0n) is 13.7. The third kappa shape index (κ3) is 5.83. The van der Waals surface area contributed by atoms with Crippen molar-refractivity contribution in [3.05, 3.63) is 53.6 Å². The lowest BCUT2D eigenvalue weighted by molar-refractivity contribution is 0.319. The molecule has 0 amide bonds. The molecule has 0 saturated carbocycles. The first-order valence-corrected chi connectivity index (χ1v) is 8.19. The van der Waals surface area contributed by atoms with E-state index in [4.69, 9.17) is 10.5 Å². The molecule has 2 aromatic rings. The van der Waals surface area contributed by atoms with E-state index in [1.165, 1.54) is 11.1 Å². The highest BCUT2D eigenvalue weighted by atomic mass is 16.5. The fourth-order valence-corrected chi connectivity index (χ4v) is 2.35. The number of nitrogens with two attached hydrogens (primary N) is 1. The first-order valence-electron chi connectivity index (χ1n) is 8.19. The molecule has 0 fully saturated rings. The number of nitrogen functional groups attached to an aromatic ring is 1. The topological polar surface area (TPSA) is 67.5 Å². The van der Waals surface area contributed by atoms with Crippen LogP contribution in [0.15, 0.2) is 42.5 Å². The van der Waals surface area contributed by atoms with Crippen LogP contribution in [0.2, 0.25) is 0 Å². The summed E-state index contributed by atoms with van der Waals surface area (Å²) >= 11 is 0. The molecule has 2 aromatic carbocycles. The average Bonchev–Trinajstić information content (AvgIpc) is 2.55. The average molecular weight is 314 g/mol. The molecule has 0 atom stereocenters. The molecule has 0 saturated heterocycles. The van der Waals surface area contributed by atoms with Crippen LogP contribution in [-0.2, 0) is 12.8 Å². The van der Waals surface area contributed by atoms with E-state index in [1.54, 1.807) is 12.1 Å². The predicted octanol–water partition coefficient (Wildman–Crippen LogP) is 3.14. The van der Waals surface area contributed by atoms with Gasteiger partial charge in [0, 0.05) is 0 Å². The third-order valence-corrected chi connectivity index (χ3v) is 3.65. The van der Waals surface area contributed by atoms with Crippen LogP contribution >= 0.6 is 0 Å². The largest absolute Gasteiger partial charge is 0.508 e. The number of nitrogens with one attached hydrogen (secondary N) is 1. The molecule has 124 valence electrons. The van der Waals surface area contributed by atoms with Gasteiger partial charge in [0.25, 0.3) is 0 Å². The Labute approximate surface area is 138 Å². The molecule has 0 radical (unpaired) electrons. The van der Waals surface area contributed by atoms with Crippen LogP contribution in [0.1, 0.15) is 24.5 Å². The summed E-state index contributed by atoms with van der Waals surface area (Å²) in [4.78, 5) is 0. The highest BCUT2D eigenvalue weighted by Gasteiger charge is 2.02. The Balaban J connectivity index is 1.69. The second-order valence-corrected chi connectivity index (χ2v) is 5.64. The second-order valence-electron chi connectivity index (χ2n) is 5.64. The molecule has 0 aromatic heterocycles. The number of anilines is 1. The number of ether oxygens (including phenoxy) is 1. The van der Waals surface area contributed by atoms with Gasteiger partial charge in [0.05, 0.1) is 12.3 Å². The van der Waals surface area contributed by atoms with E-state index in [1.807, 2.05) is 24.3 Å². The van der Waals surface area contributed by atoms with Gasteiger partial charge in [0.2, 0.25) is 0 Å². The van der Waals surface area contributed by atoms with Crippen LogP contribution in [0.25, 0.3) is 0 Å². The van der Waals surface area contributed by atoms with Crippen LogP contribution in [0.3, 0.4) is 0 Å². The summed E-state index contributed by atoms with van der Waals surface area (Å²) in [5, 5.41) is 12.7. The Hall–Kier alpha value is -2.20. The minimum absolute atomic E-state index is 0.311. The third-order valence-electron chi connectivity index (χ3n) is 3.65. The molecule has 0 unspecified atom stereocenters. The zero-order chi connectivity index (χ0) is 16.5. The van der Waals surface area contributed by atoms with Gasteiger partial charge in [-0.1, -0.05) is 25.1 Å². The predicted molar refractivity (Wildman–Crippen MR) is 95.0 cm³/mol. The number of benzene rings is 2. The Morgan fingerprint density at radius 1 is 1.00 bits per heavy atom. The van der Waals surface area contributed by atoms with E-state index in [9.17, 15) is 5.11 Å². The molecular formula is C19H26N2O2. The molecule has 2 rings (SSSR count). The number of phenolic OH excluding ortho intramolecular Hbond substituents is 1. The molecule has 23 heavy (non-hydrogen) atoms. The van der Waals surface area contributed by atoms with Gasteiger partial charge in [-0.25, -0.2) is 0 Å². The zero-order valence-corrected chi connectivity index (χ0v) is 13.7. The van der Waals surface area contributed by atoms with Crippen LogP contribution in [0.5, 0.6) is 11.5 Å². The van der Waals surface area contributed by atoms with Gasteiger partial charge in [-0.05, 0) is 67.7 Å². The van der Waals surface area contributed by atoms with Gasteiger partial charge in [-0.15, -0.1) is 0 Å². The van der Waals surface area contributed by atoms with Crippen molar-refractivity contribution < 1.29 is 9.84 Å². The Morgan fingerprint density at radius 2 is 1.65 bits per heavy atom. The van der Waals surface area contributed by atoms with Gasteiger partial charge in [-0.2, -0.15) is 0 Å². The smallest absolute Gasteiger partial charge is 0.142 e. The van der Waals surface area contributed by atoms with E-state index >= 15 is 0 Å². The Bertz CT molecular complexity index is 597. The lowest BCUT2D eigenvalue weighted by Gasteiger charge is -2.10. The maximum Gasteiger partial charge on any atom is 0.142 e. The highest BCUT2D eigenvalue weighted by molar-refractivity contribution is 5.54. The maximum atomic E-state index is 9.25. The molecule has 0 spiro atoms. The Morgan fingerprint density at radius 3 is 2.30 bits per heavy atom. The number of rotatable bonds is 9. The summed E-state index contributed by atoms with van der Waals surface area (Å²) < 4.78 is 5.58. The van der Waals surface area contributed by atoms with Gasteiger partial charge < -0.3 is 20.9 Å². The lowest BCUT2D eigenvalue weighted by Crippen LogP contribution is -2.20. The summed E-state index contributed by atoms with van der Waals surface area (Å²) in [5.41, 5.74) is 9.15. The number of hydrogen-bond donors (Lipinski definition) is 3. The normalized spacial score (nSPS) is 10.7. The molecule has 4 heteroatoms. The van der Waals surface area contributed by atoms with Crippen LogP contribution in [0, 0.1) is 0 Å². The fraction of sp³-hybridized carbons (Fsp3) is 0.368. The maximum absolute atomic E-state index is 9.25. The number of hydrogen-bond acceptors (Lipinski definition) is 4. The second kappa shape index (κ2) is 9.06. The standard InChI is InChI=1S/C19H26N2O2/c1-2-13-23-19-8-5-16(14-18(19)20)10-12-21-11-9-15-3-6-17(22)7-4-15/h3-8,14,21-22H,2,9-13,20H2,1H3. The van der Waals surface area contributed by atoms with E-state index in [2.05, 4.69) is 18.3 Å².